The number of amides is 1. The Morgan fingerprint density at radius 2 is 2.27 bits per heavy atom. The Hall–Kier alpha value is -0.710. The Morgan fingerprint density at radius 3 is 2.87 bits per heavy atom. The molecule has 1 saturated heterocycles. The van der Waals surface area contributed by atoms with Crippen LogP contribution in [0.1, 0.15) is 25.7 Å². The van der Waals surface area contributed by atoms with Crippen molar-refractivity contribution in [1.82, 2.24) is 10.2 Å². The highest BCUT2D eigenvalue weighted by molar-refractivity contribution is 5.79. The van der Waals surface area contributed by atoms with Gasteiger partial charge >= 0.3 is 6.43 Å². The number of nitrogens with one attached hydrogen (secondary N) is 1. The molecule has 1 unspecified atom stereocenters. The van der Waals surface area contributed by atoms with E-state index < -0.39 is 12.3 Å². The fourth-order valence-electron chi connectivity index (χ4n) is 2.03. The number of hydrogen-bond donors (Lipinski definition) is 1. The van der Waals surface area contributed by atoms with Crippen LogP contribution in [0.3, 0.4) is 0 Å². The van der Waals surface area contributed by atoms with E-state index in [4.69, 9.17) is 0 Å². The SMILES string of the molecule is CNCCC1CCCCN1C(=O)C(F)F. The van der Waals surface area contributed by atoms with E-state index in [1.807, 2.05) is 7.05 Å². The third-order valence-corrected chi connectivity index (χ3v) is 2.82. The Bertz CT molecular complexity index is 212. The largest absolute Gasteiger partial charge is 0.335 e. The number of piperidine rings is 1. The van der Waals surface area contributed by atoms with Gasteiger partial charge in [-0.15, -0.1) is 0 Å². The minimum atomic E-state index is -2.86. The molecule has 1 aliphatic heterocycles. The molecule has 0 aromatic heterocycles. The predicted octanol–water partition coefficient (Wildman–Crippen LogP) is 1.24. The van der Waals surface area contributed by atoms with E-state index in [0.29, 0.717) is 6.54 Å². The highest BCUT2D eigenvalue weighted by atomic mass is 19.3. The van der Waals surface area contributed by atoms with Gasteiger partial charge in [0, 0.05) is 12.6 Å². The van der Waals surface area contributed by atoms with Gasteiger partial charge in [-0.3, -0.25) is 4.79 Å². The first-order valence-corrected chi connectivity index (χ1v) is 5.40. The molecule has 0 aliphatic carbocycles. The molecule has 0 saturated carbocycles. The molecule has 3 nitrogen and oxygen atoms in total. The second kappa shape index (κ2) is 6.00. The van der Waals surface area contributed by atoms with E-state index in [1.165, 1.54) is 4.90 Å². The quantitative estimate of drug-likeness (QED) is 0.773. The zero-order valence-electron chi connectivity index (χ0n) is 9.01. The minimum absolute atomic E-state index is 0.00676. The van der Waals surface area contributed by atoms with Gasteiger partial charge in [0.05, 0.1) is 0 Å². The van der Waals surface area contributed by atoms with Gasteiger partial charge in [-0.05, 0) is 39.3 Å². The first kappa shape index (κ1) is 12.4. The number of alkyl halides is 2. The third-order valence-electron chi connectivity index (χ3n) is 2.82. The lowest BCUT2D eigenvalue weighted by molar-refractivity contribution is -0.146. The number of halogens is 2. The Morgan fingerprint density at radius 1 is 1.53 bits per heavy atom. The third kappa shape index (κ3) is 3.41. The molecular formula is C10H18F2N2O. The van der Waals surface area contributed by atoms with Crippen LogP contribution in [0.25, 0.3) is 0 Å². The van der Waals surface area contributed by atoms with E-state index in [1.54, 1.807) is 0 Å². The van der Waals surface area contributed by atoms with Crippen LogP contribution in [0, 0.1) is 0 Å². The monoisotopic (exact) mass is 220 g/mol. The number of carbonyl (C=O) groups is 1. The molecule has 1 rings (SSSR count). The van der Waals surface area contributed by atoms with Crippen LogP contribution in [0.4, 0.5) is 8.78 Å². The van der Waals surface area contributed by atoms with Crippen molar-refractivity contribution >= 4 is 5.91 Å². The van der Waals surface area contributed by atoms with Crippen molar-refractivity contribution in [2.75, 3.05) is 20.1 Å². The summed E-state index contributed by atoms with van der Waals surface area (Å²) in [5.74, 6) is -1.00. The number of nitrogens with zero attached hydrogens (tertiary/aromatic N) is 1. The van der Waals surface area contributed by atoms with Gasteiger partial charge in [0.1, 0.15) is 0 Å². The van der Waals surface area contributed by atoms with E-state index in [-0.39, 0.29) is 6.04 Å². The summed E-state index contributed by atoms with van der Waals surface area (Å²) in [6.45, 7) is 1.25. The van der Waals surface area contributed by atoms with E-state index in [2.05, 4.69) is 5.32 Å². The summed E-state index contributed by atoms with van der Waals surface area (Å²) in [5, 5.41) is 2.98. The topological polar surface area (TPSA) is 32.3 Å². The molecule has 0 spiro atoms. The lowest BCUT2D eigenvalue weighted by Crippen LogP contribution is -2.47. The molecule has 88 valence electrons. The molecule has 0 radical (unpaired) electrons. The van der Waals surface area contributed by atoms with Crippen LogP contribution in [-0.4, -0.2) is 43.4 Å². The van der Waals surface area contributed by atoms with Crippen LogP contribution in [0.5, 0.6) is 0 Å². The summed E-state index contributed by atoms with van der Waals surface area (Å²) in [4.78, 5) is 12.6. The van der Waals surface area contributed by atoms with Crippen molar-refractivity contribution in [1.29, 1.82) is 0 Å². The standard InChI is InChI=1S/C10H18F2N2O/c1-13-6-5-8-4-2-3-7-14(8)10(15)9(11)12/h8-9,13H,2-7H2,1H3. The highest BCUT2D eigenvalue weighted by Crippen LogP contribution is 2.21. The number of hydrogen-bond acceptors (Lipinski definition) is 2. The lowest BCUT2D eigenvalue weighted by atomic mass is 9.99. The van der Waals surface area contributed by atoms with Crippen molar-refractivity contribution in [2.24, 2.45) is 0 Å². The van der Waals surface area contributed by atoms with E-state index >= 15 is 0 Å². The van der Waals surface area contributed by atoms with Crippen molar-refractivity contribution in [2.45, 2.75) is 38.2 Å². The van der Waals surface area contributed by atoms with Crippen LogP contribution >= 0.6 is 0 Å². The summed E-state index contributed by atoms with van der Waals surface area (Å²) in [6, 6.07) is -0.00676. The molecule has 1 amide bonds. The van der Waals surface area contributed by atoms with Gasteiger partial charge in [-0.2, -0.15) is 8.78 Å². The number of likely N-dealkylation sites (tertiary alicyclic amines) is 1. The van der Waals surface area contributed by atoms with Crippen molar-refractivity contribution < 1.29 is 13.6 Å². The summed E-state index contributed by atoms with van der Waals surface area (Å²) in [5.41, 5.74) is 0. The molecule has 0 aromatic carbocycles. The lowest BCUT2D eigenvalue weighted by Gasteiger charge is -2.35. The maximum Gasteiger partial charge on any atom is 0.315 e. The smallest absolute Gasteiger partial charge is 0.315 e. The average Bonchev–Trinajstić information content (AvgIpc) is 2.25. The van der Waals surface area contributed by atoms with Crippen LogP contribution in [0.2, 0.25) is 0 Å². The van der Waals surface area contributed by atoms with Crippen LogP contribution in [0.15, 0.2) is 0 Å². The predicted molar refractivity (Wildman–Crippen MR) is 53.9 cm³/mol. The first-order valence-electron chi connectivity index (χ1n) is 5.40. The summed E-state index contributed by atoms with van der Waals surface area (Å²) >= 11 is 0. The summed E-state index contributed by atoms with van der Waals surface area (Å²) in [6.07, 6.45) is 0.616. The maximum absolute atomic E-state index is 12.3. The van der Waals surface area contributed by atoms with Crippen molar-refractivity contribution in [3.63, 3.8) is 0 Å². The van der Waals surface area contributed by atoms with Gasteiger partial charge in [0.15, 0.2) is 0 Å². The molecule has 15 heavy (non-hydrogen) atoms. The molecule has 1 heterocycles. The maximum atomic E-state index is 12.3. The summed E-state index contributed by atoms with van der Waals surface area (Å²) in [7, 11) is 1.82. The van der Waals surface area contributed by atoms with Gasteiger partial charge in [-0.1, -0.05) is 0 Å². The molecule has 1 atom stereocenters. The molecule has 0 aromatic rings. The average molecular weight is 220 g/mol. The Balaban J connectivity index is 2.53. The molecule has 5 heteroatoms. The molecule has 1 N–H and O–H groups in total. The van der Waals surface area contributed by atoms with Gasteiger partial charge < -0.3 is 10.2 Å². The van der Waals surface area contributed by atoms with Crippen LogP contribution < -0.4 is 5.32 Å². The second-order valence-corrected chi connectivity index (χ2v) is 3.87. The van der Waals surface area contributed by atoms with E-state index in [0.717, 1.165) is 32.2 Å². The second-order valence-electron chi connectivity index (χ2n) is 3.87. The fourth-order valence-corrected chi connectivity index (χ4v) is 2.03. The number of rotatable bonds is 4. The molecular weight excluding hydrogens is 202 g/mol. The zero-order chi connectivity index (χ0) is 11.3. The molecule has 1 fully saturated rings. The normalized spacial score (nSPS) is 22.1. The Labute approximate surface area is 88.8 Å². The van der Waals surface area contributed by atoms with Crippen molar-refractivity contribution in [3.05, 3.63) is 0 Å². The van der Waals surface area contributed by atoms with Crippen molar-refractivity contribution in [3.8, 4) is 0 Å². The van der Waals surface area contributed by atoms with Gasteiger partial charge in [0.2, 0.25) is 0 Å². The summed E-state index contributed by atoms with van der Waals surface area (Å²) < 4.78 is 24.6. The fraction of sp³-hybridized carbons (Fsp3) is 0.900. The van der Waals surface area contributed by atoms with Gasteiger partial charge in [-0.25, -0.2) is 0 Å². The molecule has 1 aliphatic rings. The van der Waals surface area contributed by atoms with E-state index in [9.17, 15) is 13.6 Å². The minimum Gasteiger partial charge on any atom is -0.335 e. The van der Waals surface area contributed by atoms with Gasteiger partial charge in [0.25, 0.3) is 5.91 Å². The molecule has 0 bridgehead atoms. The Kier molecular flexibility index (Phi) is 4.94. The number of carbonyl (C=O) groups excluding carboxylic acids is 1. The van der Waals surface area contributed by atoms with Crippen LogP contribution in [-0.2, 0) is 4.79 Å². The first-order chi connectivity index (χ1) is 7.16. The zero-order valence-corrected chi connectivity index (χ0v) is 9.01. The highest BCUT2D eigenvalue weighted by Gasteiger charge is 2.30.